The number of rotatable bonds is 2. The van der Waals surface area contributed by atoms with Gasteiger partial charge in [0.25, 0.3) is 0 Å². The number of aryl methyl sites for hydroxylation is 1. The monoisotopic (exact) mass is 298 g/mol. The van der Waals surface area contributed by atoms with Crippen molar-refractivity contribution in [1.82, 2.24) is 0 Å². The molecule has 1 unspecified atom stereocenters. The molecule has 1 heterocycles. The minimum absolute atomic E-state index is 0.0301. The lowest BCUT2D eigenvalue weighted by molar-refractivity contribution is 0.862. The summed E-state index contributed by atoms with van der Waals surface area (Å²) in [6.45, 7) is 2.12. The number of benzene rings is 3. The average Bonchev–Trinajstić information content (AvgIpc) is 2.62. The van der Waals surface area contributed by atoms with E-state index in [0.29, 0.717) is 0 Å². The van der Waals surface area contributed by atoms with Crippen LogP contribution in [0.5, 0.6) is 0 Å². The van der Waals surface area contributed by atoms with Crippen molar-refractivity contribution >= 4 is 11.5 Å². The molecule has 0 saturated carbocycles. The summed E-state index contributed by atoms with van der Waals surface area (Å²) in [5.74, 6) is 0.927. The van der Waals surface area contributed by atoms with E-state index in [2.05, 4.69) is 66.8 Å². The van der Waals surface area contributed by atoms with E-state index in [0.717, 1.165) is 17.1 Å². The first-order valence-electron chi connectivity index (χ1n) is 7.87. The van der Waals surface area contributed by atoms with Gasteiger partial charge in [-0.25, -0.2) is 0 Å². The molecule has 0 saturated heterocycles. The second kappa shape index (κ2) is 5.73. The fraction of sp³-hybridized carbons (Fsp3) is 0.0952. The highest BCUT2D eigenvalue weighted by Crippen LogP contribution is 2.36. The first kappa shape index (κ1) is 13.8. The maximum atomic E-state index is 5.01. The van der Waals surface area contributed by atoms with Gasteiger partial charge >= 0.3 is 0 Å². The Morgan fingerprint density at radius 3 is 2.26 bits per heavy atom. The van der Waals surface area contributed by atoms with Crippen molar-refractivity contribution in [3.8, 4) is 0 Å². The molecule has 112 valence electrons. The van der Waals surface area contributed by atoms with E-state index in [1.165, 1.54) is 16.7 Å². The zero-order chi connectivity index (χ0) is 15.6. The third-order valence-corrected chi connectivity index (χ3v) is 4.18. The van der Waals surface area contributed by atoms with Gasteiger partial charge in [-0.1, -0.05) is 78.4 Å². The van der Waals surface area contributed by atoms with Crippen LogP contribution in [0, 0.1) is 6.92 Å². The summed E-state index contributed by atoms with van der Waals surface area (Å²) in [7, 11) is 0. The first-order valence-corrected chi connectivity index (χ1v) is 7.87. The van der Waals surface area contributed by atoms with E-state index in [9.17, 15) is 0 Å². The molecule has 0 fully saturated rings. The molecule has 1 aliphatic heterocycles. The molecule has 2 nitrogen and oxygen atoms in total. The van der Waals surface area contributed by atoms with Crippen molar-refractivity contribution < 1.29 is 0 Å². The Balaban J connectivity index is 1.87. The van der Waals surface area contributed by atoms with Crippen LogP contribution in [0.4, 0.5) is 5.69 Å². The van der Waals surface area contributed by atoms with Crippen LogP contribution < -0.4 is 5.32 Å². The lowest BCUT2D eigenvalue weighted by Gasteiger charge is -2.26. The number of hydrogen-bond donors (Lipinski definition) is 1. The van der Waals surface area contributed by atoms with E-state index in [4.69, 9.17) is 4.99 Å². The molecule has 3 aromatic carbocycles. The minimum atomic E-state index is 0.0301. The molecule has 0 aliphatic carbocycles. The largest absolute Gasteiger partial charge is 0.340 e. The van der Waals surface area contributed by atoms with E-state index < -0.39 is 0 Å². The van der Waals surface area contributed by atoms with E-state index >= 15 is 0 Å². The van der Waals surface area contributed by atoms with Gasteiger partial charge in [-0.15, -0.1) is 0 Å². The number of nitrogens with one attached hydrogen (secondary N) is 1. The van der Waals surface area contributed by atoms with Crippen molar-refractivity contribution in [2.45, 2.75) is 13.0 Å². The molecule has 4 rings (SSSR count). The lowest BCUT2D eigenvalue weighted by Crippen LogP contribution is -2.22. The zero-order valence-corrected chi connectivity index (χ0v) is 13.0. The number of amidine groups is 1. The summed E-state index contributed by atoms with van der Waals surface area (Å²) in [4.78, 5) is 5.01. The predicted molar refractivity (Wildman–Crippen MR) is 96.1 cm³/mol. The van der Waals surface area contributed by atoms with Gasteiger partial charge in [-0.2, -0.15) is 0 Å². The summed E-state index contributed by atoms with van der Waals surface area (Å²) < 4.78 is 0. The van der Waals surface area contributed by atoms with Crippen LogP contribution in [-0.4, -0.2) is 5.84 Å². The molecule has 1 atom stereocenters. The molecule has 0 bridgehead atoms. The van der Waals surface area contributed by atoms with Gasteiger partial charge in [0.2, 0.25) is 0 Å². The Labute approximate surface area is 136 Å². The van der Waals surface area contributed by atoms with Crippen LogP contribution in [0.3, 0.4) is 0 Å². The van der Waals surface area contributed by atoms with Gasteiger partial charge in [0, 0.05) is 16.8 Å². The molecule has 0 aromatic heterocycles. The van der Waals surface area contributed by atoms with E-state index in [1.807, 2.05) is 24.3 Å². The van der Waals surface area contributed by atoms with Crippen LogP contribution in [-0.2, 0) is 0 Å². The molecular formula is C21H18N2. The van der Waals surface area contributed by atoms with Gasteiger partial charge in [0.15, 0.2) is 0 Å². The standard InChI is InChI=1S/C21H18N2/c1-15-12-13-19-18(14-15)20(16-8-4-2-5-9-16)23-21(22-19)17-10-6-3-7-11-17/h2-14,20H,1H3,(H,22,23). The van der Waals surface area contributed by atoms with Crippen LogP contribution in [0.25, 0.3) is 0 Å². The normalized spacial score (nSPS) is 16.2. The quantitative estimate of drug-likeness (QED) is 0.710. The Bertz CT molecular complexity index is 852. The van der Waals surface area contributed by atoms with Crippen molar-refractivity contribution in [3.63, 3.8) is 0 Å². The number of hydrogen-bond acceptors (Lipinski definition) is 2. The topological polar surface area (TPSA) is 24.4 Å². The fourth-order valence-corrected chi connectivity index (χ4v) is 3.01. The highest BCUT2D eigenvalue weighted by Gasteiger charge is 2.23. The number of aliphatic imine (C=N–C) groups is 1. The van der Waals surface area contributed by atoms with Crippen LogP contribution in [0.15, 0.2) is 83.9 Å². The van der Waals surface area contributed by atoms with Gasteiger partial charge in [0.05, 0.1) is 0 Å². The zero-order valence-electron chi connectivity index (χ0n) is 13.0. The summed E-state index contributed by atoms with van der Waals surface area (Å²) >= 11 is 0. The third kappa shape index (κ3) is 2.64. The smallest absolute Gasteiger partial charge is 0.133 e. The summed E-state index contributed by atoms with van der Waals surface area (Å²) in [6, 6.07) is 27.3. The maximum Gasteiger partial charge on any atom is 0.133 e. The number of nitrogens with zero attached hydrogens (tertiary/aromatic N) is 1. The van der Waals surface area contributed by atoms with Crippen LogP contribution in [0.1, 0.15) is 28.3 Å². The van der Waals surface area contributed by atoms with Crippen molar-refractivity contribution in [3.05, 3.63) is 101 Å². The van der Waals surface area contributed by atoms with Crippen molar-refractivity contribution in [2.75, 3.05) is 5.32 Å². The minimum Gasteiger partial charge on any atom is -0.340 e. The lowest BCUT2D eigenvalue weighted by atomic mass is 9.94. The van der Waals surface area contributed by atoms with E-state index in [-0.39, 0.29) is 6.04 Å². The van der Waals surface area contributed by atoms with Gasteiger partial charge in [-0.3, -0.25) is 4.99 Å². The van der Waals surface area contributed by atoms with Gasteiger partial charge < -0.3 is 5.32 Å². The Hall–Kier alpha value is -2.87. The SMILES string of the molecule is Cc1ccc2c(c1)C(c1ccccc1)N=C(c1ccccc1)N2. The molecular weight excluding hydrogens is 280 g/mol. The van der Waals surface area contributed by atoms with E-state index in [1.54, 1.807) is 0 Å². The predicted octanol–water partition coefficient (Wildman–Crippen LogP) is 4.96. The Morgan fingerprint density at radius 2 is 1.52 bits per heavy atom. The van der Waals surface area contributed by atoms with Gasteiger partial charge in [0.1, 0.15) is 11.9 Å². The van der Waals surface area contributed by atoms with Crippen molar-refractivity contribution in [2.24, 2.45) is 4.99 Å². The molecule has 0 radical (unpaired) electrons. The Morgan fingerprint density at radius 1 is 0.826 bits per heavy atom. The summed E-state index contributed by atoms with van der Waals surface area (Å²) in [5, 5.41) is 3.49. The average molecular weight is 298 g/mol. The Kier molecular flexibility index (Phi) is 3.43. The van der Waals surface area contributed by atoms with Crippen LogP contribution >= 0.6 is 0 Å². The summed E-state index contributed by atoms with van der Waals surface area (Å²) in [6.07, 6.45) is 0. The first-order chi connectivity index (χ1) is 11.3. The molecule has 23 heavy (non-hydrogen) atoms. The van der Waals surface area contributed by atoms with Gasteiger partial charge in [-0.05, 0) is 18.6 Å². The number of anilines is 1. The second-order valence-electron chi connectivity index (χ2n) is 5.87. The van der Waals surface area contributed by atoms with Crippen molar-refractivity contribution in [1.29, 1.82) is 0 Å². The molecule has 1 N–H and O–H groups in total. The highest BCUT2D eigenvalue weighted by molar-refractivity contribution is 6.10. The third-order valence-electron chi connectivity index (χ3n) is 4.18. The molecule has 3 aromatic rings. The number of fused-ring (bicyclic) bond motifs is 1. The summed E-state index contributed by atoms with van der Waals surface area (Å²) in [5.41, 5.74) is 5.95. The second-order valence-corrected chi connectivity index (χ2v) is 5.87. The van der Waals surface area contributed by atoms with Crippen LogP contribution in [0.2, 0.25) is 0 Å². The molecule has 0 spiro atoms. The fourth-order valence-electron chi connectivity index (χ4n) is 3.01. The molecule has 1 aliphatic rings. The molecule has 2 heteroatoms. The maximum absolute atomic E-state index is 5.01. The highest BCUT2D eigenvalue weighted by atomic mass is 15.0. The molecule has 0 amide bonds.